The zero-order valence-corrected chi connectivity index (χ0v) is 17.2. The van der Waals surface area contributed by atoms with Crippen molar-refractivity contribution in [3.63, 3.8) is 0 Å². The van der Waals surface area contributed by atoms with Gasteiger partial charge >= 0.3 is 0 Å². The van der Waals surface area contributed by atoms with Crippen molar-refractivity contribution in [2.45, 2.75) is 0 Å². The second-order valence-corrected chi connectivity index (χ2v) is 7.54. The number of nitrogens with zero attached hydrogens (tertiary/aromatic N) is 1. The lowest BCUT2D eigenvalue weighted by molar-refractivity contribution is -0.122. The molecule has 2 heterocycles. The molecule has 160 valence electrons. The van der Waals surface area contributed by atoms with Crippen LogP contribution in [0.25, 0.3) is 6.08 Å². The molecule has 2 aromatic carbocycles. The topological polar surface area (TPSA) is 94.2 Å². The van der Waals surface area contributed by atoms with Gasteiger partial charge < -0.3 is 19.5 Å². The number of fused-ring (bicyclic) bond motifs is 1. The van der Waals surface area contributed by atoms with E-state index in [2.05, 4.69) is 5.32 Å². The Morgan fingerprint density at radius 1 is 1.23 bits per heavy atom. The molecular weight excluding hydrogens is 427 g/mol. The molecule has 4 rings (SSSR count). The van der Waals surface area contributed by atoms with Gasteiger partial charge in [0.2, 0.25) is 6.79 Å². The molecule has 0 aliphatic carbocycles. The highest BCUT2D eigenvalue weighted by Crippen LogP contribution is 2.36. The molecule has 2 aromatic rings. The van der Waals surface area contributed by atoms with Gasteiger partial charge in [-0.1, -0.05) is 6.07 Å². The van der Waals surface area contributed by atoms with E-state index in [4.69, 9.17) is 14.2 Å². The van der Waals surface area contributed by atoms with Crippen molar-refractivity contribution in [1.82, 2.24) is 10.2 Å². The highest BCUT2D eigenvalue weighted by molar-refractivity contribution is 8.18. The first kappa shape index (κ1) is 20.7. The molecule has 31 heavy (non-hydrogen) atoms. The zero-order chi connectivity index (χ0) is 22.0. The van der Waals surface area contributed by atoms with E-state index in [0.29, 0.717) is 22.8 Å². The van der Waals surface area contributed by atoms with E-state index in [1.165, 1.54) is 19.2 Å². The predicted molar refractivity (Wildman–Crippen MR) is 111 cm³/mol. The first-order chi connectivity index (χ1) is 15.0. The van der Waals surface area contributed by atoms with Crippen molar-refractivity contribution in [2.75, 3.05) is 27.0 Å². The lowest BCUT2D eigenvalue weighted by Crippen LogP contribution is -2.37. The molecule has 8 nitrogen and oxygen atoms in total. The molecule has 0 atom stereocenters. The van der Waals surface area contributed by atoms with Gasteiger partial charge in [-0.2, -0.15) is 0 Å². The Kier molecular flexibility index (Phi) is 5.81. The van der Waals surface area contributed by atoms with E-state index in [-0.39, 0.29) is 30.4 Å². The predicted octanol–water partition coefficient (Wildman–Crippen LogP) is 3.03. The number of thioether (sulfide) groups is 1. The molecular formula is C21H17FN2O6S. The second-order valence-electron chi connectivity index (χ2n) is 6.55. The maximum absolute atomic E-state index is 14.0. The lowest BCUT2D eigenvalue weighted by atomic mass is 10.2. The quantitative estimate of drug-likeness (QED) is 0.685. The molecule has 0 radical (unpaired) electrons. The number of rotatable bonds is 6. The number of amides is 3. The number of methoxy groups -OCH3 is 1. The van der Waals surface area contributed by atoms with Crippen LogP contribution in [0.1, 0.15) is 15.9 Å². The number of imide groups is 1. The van der Waals surface area contributed by atoms with Crippen LogP contribution in [-0.2, 0) is 4.79 Å². The summed E-state index contributed by atoms with van der Waals surface area (Å²) in [6, 6.07) is 9.08. The van der Waals surface area contributed by atoms with Gasteiger partial charge in [0.25, 0.3) is 17.1 Å². The summed E-state index contributed by atoms with van der Waals surface area (Å²) >= 11 is 0.812. The number of carbonyl (C=O) groups excluding carboxylic acids is 3. The fourth-order valence-corrected chi connectivity index (χ4v) is 3.90. The first-order valence-corrected chi connectivity index (χ1v) is 10.0. The van der Waals surface area contributed by atoms with Crippen LogP contribution in [0.4, 0.5) is 9.18 Å². The van der Waals surface area contributed by atoms with Crippen LogP contribution in [0, 0.1) is 5.82 Å². The number of nitrogens with one attached hydrogen (secondary N) is 1. The Morgan fingerprint density at radius 3 is 2.81 bits per heavy atom. The first-order valence-electron chi connectivity index (χ1n) is 9.23. The van der Waals surface area contributed by atoms with Crippen molar-refractivity contribution in [3.8, 4) is 17.2 Å². The van der Waals surface area contributed by atoms with Crippen LogP contribution >= 0.6 is 11.8 Å². The van der Waals surface area contributed by atoms with Crippen LogP contribution in [0.5, 0.6) is 17.2 Å². The third-order valence-corrected chi connectivity index (χ3v) is 5.52. The summed E-state index contributed by atoms with van der Waals surface area (Å²) in [5.74, 6) is -0.355. The molecule has 10 heteroatoms. The average Bonchev–Trinajstić information content (AvgIpc) is 3.32. The van der Waals surface area contributed by atoms with E-state index in [1.807, 2.05) is 0 Å². The molecule has 2 aliphatic rings. The highest BCUT2D eigenvalue weighted by Gasteiger charge is 2.34. The summed E-state index contributed by atoms with van der Waals surface area (Å²) in [7, 11) is 1.39. The Hall–Kier alpha value is -3.53. The minimum Gasteiger partial charge on any atom is -0.497 e. The maximum Gasteiger partial charge on any atom is 0.293 e. The number of carbonyl (C=O) groups is 3. The van der Waals surface area contributed by atoms with Crippen molar-refractivity contribution in [1.29, 1.82) is 0 Å². The summed E-state index contributed by atoms with van der Waals surface area (Å²) in [5, 5.41) is 2.07. The van der Waals surface area contributed by atoms with E-state index >= 15 is 0 Å². The molecule has 1 saturated heterocycles. The highest BCUT2D eigenvalue weighted by atomic mass is 32.2. The van der Waals surface area contributed by atoms with Gasteiger partial charge in [-0.25, -0.2) is 4.39 Å². The van der Waals surface area contributed by atoms with Gasteiger partial charge in [-0.05, 0) is 47.7 Å². The van der Waals surface area contributed by atoms with Gasteiger partial charge in [0.1, 0.15) is 11.6 Å². The van der Waals surface area contributed by atoms with E-state index in [9.17, 15) is 18.8 Å². The Morgan fingerprint density at radius 2 is 2.03 bits per heavy atom. The molecule has 1 fully saturated rings. The second kappa shape index (κ2) is 8.68. The summed E-state index contributed by atoms with van der Waals surface area (Å²) in [6.07, 6.45) is 1.60. The lowest BCUT2D eigenvalue weighted by Gasteiger charge is -2.13. The van der Waals surface area contributed by atoms with E-state index < -0.39 is 22.9 Å². The SMILES string of the molecule is COc1ccc(C(=O)NCCN2C(=O)S/C(=C\c3ccc4c(c3)OCO4)C2=O)c(F)c1. The number of ether oxygens (including phenoxy) is 3. The molecule has 0 bridgehead atoms. The number of hydrogen-bond donors (Lipinski definition) is 1. The monoisotopic (exact) mass is 444 g/mol. The fourth-order valence-electron chi connectivity index (χ4n) is 3.03. The summed E-state index contributed by atoms with van der Waals surface area (Å²) in [4.78, 5) is 38.3. The Labute approximate surface area is 180 Å². The van der Waals surface area contributed by atoms with Gasteiger partial charge in [-0.15, -0.1) is 0 Å². The summed E-state index contributed by atoms with van der Waals surface area (Å²) in [6.45, 7) is 0.0910. The number of hydrogen-bond acceptors (Lipinski definition) is 7. The molecule has 0 saturated carbocycles. The van der Waals surface area contributed by atoms with E-state index in [0.717, 1.165) is 22.7 Å². The molecule has 0 unspecified atom stereocenters. The largest absolute Gasteiger partial charge is 0.497 e. The van der Waals surface area contributed by atoms with E-state index in [1.54, 1.807) is 24.3 Å². The molecule has 0 spiro atoms. The molecule has 2 aliphatic heterocycles. The van der Waals surface area contributed by atoms with Crippen LogP contribution in [-0.4, -0.2) is 48.9 Å². The minimum atomic E-state index is -0.727. The minimum absolute atomic E-state index is 0.0142. The zero-order valence-electron chi connectivity index (χ0n) is 16.3. The molecule has 3 amide bonds. The standard InChI is InChI=1S/C21H17FN2O6S/c1-28-13-3-4-14(15(22)10-13)19(25)23-6-7-24-20(26)18(31-21(24)27)9-12-2-5-16-17(8-12)30-11-29-16/h2-5,8-10H,6-7,11H2,1H3,(H,23,25)/b18-9-. The van der Waals surface area contributed by atoms with Crippen molar-refractivity contribution in [2.24, 2.45) is 0 Å². The number of benzene rings is 2. The summed E-state index contributed by atoms with van der Waals surface area (Å²) in [5.41, 5.74) is 0.538. The fraction of sp³-hybridized carbons (Fsp3) is 0.190. The maximum atomic E-state index is 14.0. The van der Waals surface area contributed by atoms with Crippen molar-refractivity contribution >= 4 is 34.9 Å². The summed E-state index contributed by atoms with van der Waals surface area (Å²) < 4.78 is 29.5. The third-order valence-electron chi connectivity index (χ3n) is 4.61. The third kappa shape index (κ3) is 4.33. The van der Waals surface area contributed by atoms with Gasteiger partial charge in [0.05, 0.1) is 17.6 Å². The van der Waals surface area contributed by atoms with Crippen molar-refractivity contribution in [3.05, 3.63) is 58.2 Å². The van der Waals surface area contributed by atoms with Gasteiger partial charge in [-0.3, -0.25) is 19.3 Å². The smallest absolute Gasteiger partial charge is 0.293 e. The Balaban J connectivity index is 1.37. The average molecular weight is 444 g/mol. The molecule has 0 aromatic heterocycles. The van der Waals surface area contributed by atoms with Crippen LogP contribution in [0.2, 0.25) is 0 Å². The molecule has 1 N–H and O–H groups in total. The normalized spacial score (nSPS) is 16.2. The van der Waals surface area contributed by atoms with Gasteiger partial charge in [0, 0.05) is 19.2 Å². The van der Waals surface area contributed by atoms with Crippen LogP contribution in [0.15, 0.2) is 41.3 Å². The van der Waals surface area contributed by atoms with Crippen LogP contribution < -0.4 is 19.5 Å². The number of halogens is 1. The van der Waals surface area contributed by atoms with Crippen molar-refractivity contribution < 1.29 is 33.0 Å². The van der Waals surface area contributed by atoms with Crippen LogP contribution in [0.3, 0.4) is 0 Å². The van der Waals surface area contributed by atoms with Gasteiger partial charge in [0.15, 0.2) is 11.5 Å². The Bertz CT molecular complexity index is 1100.